The molecule has 0 radical (unpaired) electrons. The van der Waals surface area contributed by atoms with Crippen LogP contribution in [0.2, 0.25) is 0 Å². The minimum absolute atomic E-state index is 0.0527. The topological polar surface area (TPSA) is 131 Å². The van der Waals surface area contributed by atoms with Gasteiger partial charge in [-0.25, -0.2) is 0 Å². The molecule has 2 unspecified atom stereocenters. The quantitative estimate of drug-likeness (QED) is 0.0158. The molecular formula is C52H96NO9P. The Balaban J connectivity index is 4.40. The molecule has 368 valence electrons. The molecular weight excluding hydrogens is 814 g/mol. The Morgan fingerprint density at radius 1 is 0.587 bits per heavy atom. The number of aliphatic hydroxyl groups excluding tert-OH is 1. The fourth-order valence-corrected chi connectivity index (χ4v) is 7.62. The number of phosphoric acid groups is 1. The first-order chi connectivity index (χ1) is 30.4. The van der Waals surface area contributed by atoms with Crippen molar-refractivity contribution in [2.45, 2.75) is 225 Å². The van der Waals surface area contributed by atoms with Crippen molar-refractivity contribution < 1.29 is 47.2 Å². The van der Waals surface area contributed by atoms with Crippen LogP contribution < -0.4 is 4.89 Å². The number of unbranched alkanes of at least 4 members (excludes halogenated alkanes) is 23. The number of hydrogen-bond acceptors (Lipinski definition) is 9. The van der Waals surface area contributed by atoms with Crippen molar-refractivity contribution in [3.63, 3.8) is 0 Å². The van der Waals surface area contributed by atoms with Gasteiger partial charge in [0.1, 0.15) is 19.8 Å². The average molecular weight is 910 g/mol. The zero-order valence-electron chi connectivity index (χ0n) is 41.1. The Morgan fingerprint density at radius 2 is 1.06 bits per heavy atom. The highest BCUT2D eigenvalue weighted by atomic mass is 31.2. The van der Waals surface area contributed by atoms with Crippen molar-refractivity contribution in [3.05, 3.63) is 48.6 Å². The van der Waals surface area contributed by atoms with Crippen LogP contribution in [0.4, 0.5) is 0 Å². The van der Waals surface area contributed by atoms with Crippen molar-refractivity contribution >= 4 is 19.8 Å². The molecule has 3 atom stereocenters. The van der Waals surface area contributed by atoms with Crippen molar-refractivity contribution in [2.24, 2.45) is 0 Å². The second-order valence-electron chi connectivity index (χ2n) is 18.4. The molecule has 0 aromatic carbocycles. The summed E-state index contributed by atoms with van der Waals surface area (Å²) >= 11 is 0. The van der Waals surface area contributed by atoms with Gasteiger partial charge < -0.3 is 33.0 Å². The standard InChI is InChI=1S/C52H96NO9P/c1-6-8-10-12-14-16-18-20-21-22-23-24-25-26-27-29-31-33-35-37-39-43-52(56)62-50(48-61-63(57,58)60-46-45-53(3,4)5)47-59-51(55)44-40-42-49(54)41-38-36-34-32-30-28-19-17-15-13-11-9-7-2/h20-21,28,30,34,36,38,41,49-50,54H,6-19,22-27,29,31-33,35,37,39-40,42-48H2,1-5H3/b21-20-,30-28+,36-34+,41-38+/t49?,50-/m1/s1. The molecule has 0 rings (SSSR count). The summed E-state index contributed by atoms with van der Waals surface area (Å²) in [6.07, 6.45) is 48.9. The molecule has 63 heavy (non-hydrogen) atoms. The van der Waals surface area contributed by atoms with E-state index in [2.05, 4.69) is 38.2 Å². The van der Waals surface area contributed by atoms with Gasteiger partial charge in [-0.1, -0.05) is 184 Å². The van der Waals surface area contributed by atoms with E-state index in [1.807, 2.05) is 39.4 Å². The second-order valence-corrected chi connectivity index (χ2v) is 19.8. The number of phosphoric ester groups is 1. The lowest BCUT2D eigenvalue weighted by atomic mass is 10.0. The summed E-state index contributed by atoms with van der Waals surface area (Å²) in [5, 5.41) is 10.3. The summed E-state index contributed by atoms with van der Waals surface area (Å²) in [5.74, 6) is -1.03. The number of carbonyl (C=O) groups is 2. The lowest BCUT2D eigenvalue weighted by Crippen LogP contribution is -2.37. The molecule has 0 amide bonds. The Morgan fingerprint density at radius 3 is 1.59 bits per heavy atom. The van der Waals surface area contributed by atoms with Gasteiger partial charge in [0, 0.05) is 12.8 Å². The van der Waals surface area contributed by atoms with Crippen LogP contribution >= 0.6 is 7.82 Å². The molecule has 0 fully saturated rings. The van der Waals surface area contributed by atoms with Gasteiger partial charge >= 0.3 is 11.9 Å². The number of hydrogen-bond donors (Lipinski definition) is 1. The lowest BCUT2D eigenvalue weighted by molar-refractivity contribution is -0.870. The summed E-state index contributed by atoms with van der Waals surface area (Å²) in [7, 11) is 1.07. The lowest BCUT2D eigenvalue weighted by Gasteiger charge is -2.28. The predicted octanol–water partition coefficient (Wildman–Crippen LogP) is 13.4. The van der Waals surface area contributed by atoms with E-state index in [0.717, 1.165) is 32.1 Å². The van der Waals surface area contributed by atoms with Gasteiger partial charge in [0.2, 0.25) is 0 Å². The molecule has 0 aromatic rings. The normalized spacial score (nSPS) is 14.3. The van der Waals surface area contributed by atoms with Crippen LogP contribution in [0.3, 0.4) is 0 Å². The predicted molar refractivity (Wildman–Crippen MR) is 260 cm³/mol. The first-order valence-electron chi connectivity index (χ1n) is 25.5. The van der Waals surface area contributed by atoms with E-state index in [-0.39, 0.29) is 26.1 Å². The Kier molecular flexibility index (Phi) is 42.4. The summed E-state index contributed by atoms with van der Waals surface area (Å²) in [5.41, 5.74) is 0. The maximum Gasteiger partial charge on any atom is 0.306 e. The van der Waals surface area contributed by atoms with Crippen LogP contribution in [-0.2, 0) is 32.7 Å². The number of carbonyl (C=O) groups excluding carboxylic acids is 2. The van der Waals surface area contributed by atoms with E-state index in [1.54, 1.807) is 6.08 Å². The van der Waals surface area contributed by atoms with Gasteiger partial charge in [-0.05, 0) is 64.2 Å². The summed E-state index contributed by atoms with van der Waals surface area (Å²) < 4.78 is 33.9. The molecule has 0 bridgehead atoms. The van der Waals surface area contributed by atoms with E-state index in [9.17, 15) is 24.2 Å². The Bertz CT molecular complexity index is 1230. The summed E-state index contributed by atoms with van der Waals surface area (Å²) in [6, 6.07) is 0. The third-order valence-corrected chi connectivity index (χ3v) is 11.9. The van der Waals surface area contributed by atoms with Gasteiger partial charge in [0.05, 0.1) is 33.9 Å². The average Bonchev–Trinajstić information content (AvgIpc) is 3.23. The van der Waals surface area contributed by atoms with E-state index >= 15 is 0 Å². The smallest absolute Gasteiger partial charge is 0.306 e. The van der Waals surface area contributed by atoms with Crippen molar-refractivity contribution in [3.8, 4) is 0 Å². The van der Waals surface area contributed by atoms with Crippen LogP contribution in [0.1, 0.15) is 213 Å². The highest BCUT2D eigenvalue weighted by molar-refractivity contribution is 7.45. The molecule has 0 saturated carbocycles. The largest absolute Gasteiger partial charge is 0.756 e. The maximum absolute atomic E-state index is 12.7. The summed E-state index contributed by atoms with van der Waals surface area (Å²) in [4.78, 5) is 37.7. The van der Waals surface area contributed by atoms with Crippen molar-refractivity contribution in [1.82, 2.24) is 0 Å². The molecule has 11 heteroatoms. The number of nitrogens with zero attached hydrogens (tertiary/aromatic N) is 1. The van der Waals surface area contributed by atoms with Crippen LogP contribution in [0, 0.1) is 0 Å². The van der Waals surface area contributed by atoms with Crippen LogP contribution in [0.5, 0.6) is 0 Å². The van der Waals surface area contributed by atoms with E-state index in [4.69, 9.17) is 18.5 Å². The number of aliphatic hydroxyl groups is 1. The number of esters is 2. The van der Waals surface area contributed by atoms with Gasteiger partial charge in [0.15, 0.2) is 6.10 Å². The van der Waals surface area contributed by atoms with Gasteiger partial charge in [-0.2, -0.15) is 0 Å². The maximum atomic E-state index is 12.7. The molecule has 0 heterocycles. The van der Waals surface area contributed by atoms with Crippen LogP contribution in [-0.4, -0.2) is 81.2 Å². The number of ether oxygens (including phenoxy) is 2. The second kappa shape index (κ2) is 43.8. The van der Waals surface area contributed by atoms with Gasteiger partial charge in [-0.15, -0.1) is 0 Å². The van der Waals surface area contributed by atoms with Gasteiger partial charge in [0.25, 0.3) is 7.82 Å². The first kappa shape index (κ1) is 60.9. The van der Waals surface area contributed by atoms with E-state index in [1.165, 1.54) is 135 Å². The van der Waals surface area contributed by atoms with Crippen LogP contribution in [0.15, 0.2) is 48.6 Å². The zero-order chi connectivity index (χ0) is 46.5. The Labute approximate surface area is 386 Å². The number of rotatable bonds is 46. The monoisotopic (exact) mass is 910 g/mol. The van der Waals surface area contributed by atoms with Crippen LogP contribution in [0.25, 0.3) is 0 Å². The summed E-state index contributed by atoms with van der Waals surface area (Å²) in [6.45, 7) is 4.02. The van der Waals surface area contributed by atoms with Gasteiger partial charge in [-0.3, -0.25) is 14.2 Å². The van der Waals surface area contributed by atoms with Crippen molar-refractivity contribution in [1.29, 1.82) is 0 Å². The first-order valence-corrected chi connectivity index (χ1v) is 26.9. The fraction of sp³-hybridized carbons (Fsp3) is 0.808. The van der Waals surface area contributed by atoms with E-state index < -0.39 is 38.6 Å². The number of likely N-dealkylation sites (N-methyl/N-ethyl adjacent to an activating group) is 1. The molecule has 0 aliphatic heterocycles. The highest BCUT2D eigenvalue weighted by Gasteiger charge is 2.22. The molecule has 0 spiro atoms. The zero-order valence-corrected chi connectivity index (χ0v) is 42.0. The van der Waals surface area contributed by atoms with Crippen molar-refractivity contribution in [2.75, 3.05) is 47.5 Å². The third kappa shape index (κ3) is 47.7. The molecule has 0 aliphatic rings. The molecule has 1 N–H and O–H groups in total. The SMILES string of the molecule is CCCCCCCC/C=C\CCCCCCCCCCCCCC(=O)O[C@H](COC(=O)CCCC(O)/C=C/C=C/C/C=C/CCCCCCCC)COP(=O)([O-])OCC[N+](C)(C)C. The third-order valence-electron chi connectivity index (χ3n) is 10.9. The highest BCUT2D eigenvalue weighted by Crippen LogP contribution is 2.38. The molecule has 10 nitrogen and oxygen atoms in total. The number of quaternary nitrogens is 1. The Hall–Kier alpha value is -2.07. The van der Waals surface area contributed by atoms with E-state index in [0.29, 0.717) is 30.3 Å². The molecule has 0 aliphatic carbocycles. The molecule has 0 aromatic heterocycles. The minimum atomic E-state index is -4.67. The fourth-order valence-electron chi connectivity index (χ4n) is 6.89. The minimum Gasteiger partial charge on any atom is -0.756 e. The number of allylic oxidation sites excluding steroid dienone is 7. The molecule has 0 saturated heterocycles.